The molecule has 2 aliphatic rings. The summed E-state index contributed by atoms with van der Waals surface area (Å²) in [6, 6.07) is 5.88. The monoisotopic (exact) mass is 593 g/mol. The Hall–Kier alpha value is -3.73. The van der Waals surface area contributed by atoms with Crippen molar-refractivity contribution in [1.29, 1.82) is 0 Å². The topological polar surface area (TPSA) is 128 Å². The SMILES string of the molecule is CCC(C)CC1(CC)CC(O)(C(F)F)C1.Cc1ccn2c(C(N)=Nc3cc(-c4noc(C5CC5)n4)cnc3C)cnc2c1. The second kappa shape index (κ2) is 12.1. The Balaban J connectivity index is 0.000000209. The minimum atomic E-state index is -2.59. The van der Waals surface area contributed by atoms with Gasteiger partial charge in [-0.25, -0.2) is 18.8 Å². The van der Waals surface area contributed by atoms with Gasteiger partial charge in [-0.15, -0.1) is 0 Å². The number of amidine groups is 1. The molecule has 0 amide bonds. The first-order valence-corrected chi connectivity index (χ1v) is 15.0. The fourth-order valence-electron chi connectivity index (χ4n) is 5.89. The molecule has 2 saturated carbocycles. The number of aliphatic imine (C=N–C) groups is 1. The fourth-order valence-corrected chi connectivity index (χ4v) is 5.89. The Labute approximate surface area is 250 Å². The predicted molar refractivity (Wildman–Crippen MR) is 162 cm³/mol. The van der Waals surface area contributed by atoms with E-state index in [-0.39, 0.29) is 18.3 Å². The molecular formula is C32H41F2N7O2. The van der Waals surface area contributed by atoms with E-state index < -0.39 is 12.0 Å². The number of fused-ring (bicyclic) bond motifs is 1. The molecule has 4 aromatic heterocycles. The van der Waals surface area contributed by atoms with Crippen molar-refractivity contribution < 1.29 is 18.4 Å². The number of hydrogen-bond acceptors (Lipinski definition) is 7. The summed E-state index contributed by atoms with van der Waals surface area (Å²) in [5.41, 5.74) is 9.46. The molecule has 230 valence electrons. The van der Waals surface area contributed by atoms with Crippen LogP contribution in [0.15, 0.2) is 46.3 Å². The van der Waals surface area contributed by atoms with Gasteiger partial charge in [0.15, 0.2) is 0 Å². The lowest BCUT2D eigenvalue weighted by Crippen LogP contribution is -2.56. The van der Waals surface area contributed by atoms with Crippen LogP contribution in [0.4, 0.5) is 14.5 Å². The molecule has 2 fully saturated rings. The quantitative estimate of drug-likeness (QED) is 0.159. The highest BCUT2D eigenvalue weighted by atomic mass is 19.3. The second-order valence-electron chi connectivity index (χ2n) is 12.5. The van der Waals surface area contributed by atoms with Crippen molar-refractivity contribution in [3.63, 3.8) is 0 Å². The molecule has 0 aromatic carbocycles. The summed E-state index contributed by atoms with van der Waals surface area (Å²) in [5, 5.41) is 13.7. The number of halogens is 2. The van der Waals surface area contributed by atoms with E-state index in [0.29, 0.717) is 35.1 Å². The van der Waals surface area contributed by atoms with Gasteiger partial charge in [-0.05, 0) is 81.0 Å². The number of imidazole rings is 1. The van der Waals surface area contributed by atoms with E-state index in [0.717, 1.165) is 60.3 Å². The minimum absolute atomic E-state index is 0.0272. The summed E-state index contributed by atoms with van der Waals surface area (Å²) in [6.07, 6.45) is 8.51. The number of rotatable bonds is 9. The van der Waals surface area contributed by atoms with Crippen LogP contribution in [-0.4, -0.2) is 47.5 Å². The van der Waals surface area contributed by atoms with Crippen molar-refractivity contribution in [3.8, 4) is 11.4 Å². The van der Waals surface area contributed by atoms with Gasteiger partial charge in [-0.3, -0.25) is 9.38 Å². The maximum absolute atomic E-state index is 12.5. The number of alkyl halides is 2. The zero-order chi connectivity index (χ0) is 30.9. The largest absolute Gasteiger partial charge is 0.384 e. The van der Waals surface area contributed by atoms with Crippen molar-refractivity contribution in [1.82, 2.24) is 24.5 Å². The molecule has 0 aliphatic heterocycles. The number of nitrogens with two attached hydrogens (primary N) is 1. The normalized spacial score (nSPS) is 22.8. The van der Waals surface area contributed by atoms with Crippen LogP contribution in [0.3, 0.4) is 0 Å². The van der Waals surface area contributed by atoms with Gasteiger partial charge in [0.25, 0.3) is 6.43 Å². The van der Waals surface area contributed by atoms with Crippen molar-refractivity contribution >= 4 is 17.2 Å². The highest BCUT2D eigenvalue weighted by Gasteiger charge is 2.57. The Morgan fingerprint density at radius 1 is 1.19 bits per heavy atom. The van der Waals surface area contributed by atoms with Crippen LogP contribution in [-0.2, 0) is 0 Å². The maximum atomic E-state index is 12.5. The van der Waals surface area contributed by atoms with Crippen LogP contribution >= 0.6 is 0 Å². The molecule has 0 spiro atoms. The standard InChI is InChI=1S/C20H19N7O.C12H22F2O/c1-11-5-6-27-16(10-23-17(27)7-11)18(21)24-15-8-14(9-22-12(15)2)19-25-20(28-26-19)13-3-4-13;1-4-9(3)6-11(5-2)7-12(15,8-11)10(13)14/h5-10,13H,3-4H2,1-2H3,(H2,21,24);9-10,15H,4-8H2,1-3H3. The predicted octanol–water partition coefficient (Wildman–Crippen LogP) is 6.92. The van der Waals surface area contributed by atoms with Gasteiger partial charge in [-0.1, -0.05) is 38.8 Å². The Bertz CT molecular complexity index is 1600. The highest BCUT2D eigenvalue weighted by Crippen LogP contribution is 2.56. The summed E-state index contributed by atoms with van der Waals surface area (Å²) >= 11 is 0. The van der Waals surface area contributed by atoms with Gasteiger partial charge in [-0.2, -0.15) is 4.98 Å². The van der Waals surface area contributed by atoms with Gasteiger partial charge in [0, 0.05) is 23.9 Å². The van der Waals surface area contributed by atoms with E-state index >= 15 is 0 Å². The highest BCUT2D eigenvalue weighted by molar-refractivity contribution is 5.98. The van der Waals surface area contributed by atoms with E-state index in [4.69, 9.17) is 10.3 Å². The zero-order valence-corrected chi connectivity index (χ0v) is 25.5. The van der Waals surface area contributed by atoms with Gasteiger partial charge in [0.05, 0.1) is 17.6 Å². The first-order valence-electron chi connectivity index (χ1n) is 15.0. The summed E-state index contributed by atoms with van der Waals surface area (Å²) < 4.78 is 32.3. The average Bonchev–Trinajstić information content (AvgIpc) is 3.54. The molecule has 11 heteroatoms. The Morgan fingerprint density at radius 3 is 2.58 bits per heavy atom. The summed E-state index contributed by atoms with van der Waals surface area (Å²) in [5.74, 6) is 2.56. The summed E-state index contributed by atoms with van der Waals surface area (Å²) in [4.78, 5) is 17.9. The number of aryl methyl sites for hydroxylation is 2. The van der Waals surface area contributed by atoms with Crippen LogP contribution in [0.5, 0.6) is 0 Å². The number of hydrogen-bond donors (Lipinski definition) is 2. The Morgan fingerprint density at radius 2 is 1.93 bits per heavy atom. The van der Waals surface area contributed by atoms with Crippen molar-refractivity contribution in [2.24, 2.45) is 22.1 Å². The number of aromatic nitrogens is 5. The van der Waals surface area contributed by atoms with Gasteiger partial charge in [0.1, 0.15) is 22.8 Å². The van der Waals surface area contributed by atoms with Crippen LogP contribution < -0.4 is 5.73 Å². The molecule has 1 unspecified atom stereocenters. The number of aliphatic hydroxyl groups is 1. The molecule has 43 heavy (non-hydrogen) atoms. The molecule has 4 heterocycles. The maximum Gasteiger partial charge on any atom is 0.266 e. The second-order valence-corrected chi connectivity index (χ2v) is 12.5. The van der Waals surface area contributed by atoms with Gasteiger partial charge >= 0.3 is 0 Å². The summed E-state index contributed by atoms with van der Waals surface area (Å²) in [6.45, 7) is 10.2. The van der Waals surface area contributed by atoms with E-state index in [2.05, 4.69) is 38.9 Å². The molecule has 0 saturated heterocycles. The number of nitrogens with zero attached hydrogens (tertiary/aromatic N) is 6. The number of pyridine rings is 2. The summed E-state index contributed by atoms with van der Waals surface area (Å²) in [7, 11) is 0. The lowest BCUT2D eigenvalue weighted by atomic mass is 9.55. The fraction of sp³-hybridized carbons (Fsp3) is 0.531. The first-order chi connectivity index (χ1) is 20.5. The molecule has 3 N–H and O–H groups in total. The molecule has 4 aromatic rings. The molecule has 9 nitrogen and oxygen atoms in total. The molecule has 0 radical (unpaired) electrons. The average molecular weight is 594 g/mol. The molecule has 6 rings (SSSR count). The molecule has 1 atom stereocenters. The van der Waals surface area contributed by atoms with Gasteiger partial charge < -0.3 is 15.4 Å². The van der Waals surface area contributed by atoms with E-state index in [1.165, 1.54) is 0 Å². The third-order valence-corrected chi connectivity index (χ3v) is 8.86. The van der Waals surface area contributed by atoms with Gasteiger partial charge in [0.2, 0.25) is 11.7 Å². The molecule has 2 aliphatic carbocycles. The van der Waals surface area contributed by atoms with Crippen LogP contribution in [0, 0.1) is 25.2 Å². The van der Waals surface area contributed by atoms with Crippen LogP contribution in [0.2, 0.25) is 0 Å². The lowest BCUT2D eigenvalue weighted by molar-refractivity contribution is -0.209. The van der Waals surface area contributed by atoms with Crippen molar-refractivity contribution in [3.05, 3.63) is 59.6 Å². The smallest absolute Gasteiger partial charge is 0.266 e. The van der Waals surface area contributed by atoms with Crippen LogP contribution in [0.1, 0.15) is 94.5 Å². The van der Waals surface area contributed by atoms with Crippen molar-refractivity contribution in [2.75, 3.05) is 0 Å². The van der Waals surface area contributed by atoms with Crippen LogP contribution in [0.25, 0.3) is 17.0 Å². The first kappa shape index (κ1) is 30.7. The van der Waals surface area contributed by atoms with E-state index in [9.17, 15) is 13.9 Å². The zero-order valence-electron chi connectivity index (χ0n) is 25.5. The van der Waals surface area contributed by atoms with E-state index in [1.807, 2.05) is 49.6 Å². The molecule has 0 bridgehead atoms. The van der Waals surface area contributed by atoms with E-state index in [1.54, 1.807) is 12.4 Å². The van der Waals surface area contributed by atoms with Crippen molar-refractivity contribution in [2.45, 2.75) is 97.5 Å². The lowest BCUT2D eigenvalue weighted by Gasteiger charge is -2.53. The Kier molecular flexibility index (Phi) is 8.65. The minimum Gasteiger partial charge on any atom is -0.384 e. The third kappa shape index (κ3) is 6.61. The third-order valence-electron chi connectivity index (χ3n) is 8.86. The molecular weight excluding hydrogens is 552 g/mol.